The molecule has 1 unspecified atom stereocenters. The van der Waals surface area contributed by atoms with Crippen molar-refractivity contribution < 1.29 is 9.47 Å². The smallest absolute Gasteiger partial charge is 0.204 e. The van der Waals surface area contributed by atoms with Gasteiger partial charge in [0.15, 0.2) is 0 Å². The van der Waals surface area contributed by atoms with Crippen LogP contribution in [0.3, 0.4) is 0 Å². The Morgan fingerprint density at radius 2 is 1.96 bits per heavy atom. The first-order valence-electron chi connectivity index (χ1n) is 9.01. The van der Waals surface area contributed by atoms with Crippen LogP contribution < -0.4 is 5.73 Å². The largest absolute Gasteiger partial charge is 0.472 e. The molecule has 1 aromatic rings. The minimum Gasteiger partial charge on any atom is -0.472 e. The number of ether oxygens (including phenoxy) is 2. The molecule has 1 atom stereocenters. The summed E-state index contributed by atoms with van der Waals surface area (Å²) in [5.41, 5.74) is 8.25. The van der Waals surface area contributed by atoms with Crippen molar-refractivity contribution >= 4 is 5.71 Å². The van der Waals surface area contributed by atoms with Gasteiger partial charge in [0, 0.05) is 6.42 Å². The molecule has 3 rings (SSSR count). The number of allylic oxidation sites excluding steroid dienone is 1. The Morgan fingerprint density at radius 1 is 1.20 bits per heavy atom. The molecule has 0 bridgehead atoms. The van der Waals surface area contributed by atoms with E-state index in [0.717, 1.165) is 24.1 Å². The van der Waals surface area contributed by atoms with Gasteiger partial charge in [-0.05, 0) is 18.4 Å². The predicted molar refractivity (Wildman–Crippen MR) is 96.7 cm³/mol. The van der Waals surface area contributed by atoms with Gasteiger partial charge in [-0.2, -0.15) is 5.26 Å². The lowest BCUT2D eigenvalue weighted by Crippen LogP contribution is -2.33. The number of nitriles is 1. The number of hydrogen-bond acceptors (Lipinski definition) is 5. The van der Waals surface area contributed by atoms with E-state index in [9.17, 15) is 5.26 Å². The zero-order valence-corrected chi connectivity index (χ0v) is 14.5. The highest BCUT2D eigenvalue weighted by molar-refractivity contribution is 6.04. The Hall–Kier alpha value is -2.32. The quantitative estimate of drug-likeness (QED) is 0.891. The van der Waals surface area contributed by atoms with Gasteiger partial charge < -0.3 is 15.2 Å². The highest BCUT2D eigenvalue weighted by Gasteiger charge is 2.27. The second-order valence-corrected chi connectivity index (χ2v) is 6.66. The van der Waals surface area contributed by atoms with Gasteiger partial charge in [0.2, 0.25) is 5.88 Å². The third kappa shape index (κ3) is 4.83. The molecule has 1 aromatic carbocycles. The monoisotopic (exact) mass is 339 g/mol. The van der Waals surface area contributed by atoms with Crippen LogP contribution >= 0.6 is 0 Å². The highest BCUT2D eigenvalue weighted by Crippen LogP contribution is 2.25. The van der Waals surface area contributed by atoms with Crippen molar-refractivity contribution in [1.82, 2.24) is 0 Å². The van der Waals surface area contributed by atoms with Crippen molar-refractivity contribution in [1.29, 1.82) is 5.26 Å². The standard InChI is InChI=1S/C20H25N3O2/c21-12-18-19(23-16-9-5-2-6-10-16)11-17(25-20(18)22)14-24-13-15-7-3-1-4-8-15/h1,3-4,7-8,16-17H,2,5-6,9-11,13-14,22H2. The molecule has 0 saturated heterocycles. The van der Waals surface area contributed by atoms with Crippen molar-refractivity contribution in [2.24, 2.45) is 10.7 Å². The van der Waals surface area contributed by atoms with Gasteiger partial charge in [-0.3, -0.25) is 4.99 Å². The van der Waals surface area contributed by atoms with Gasteiger partial charge in [0.25, 0.3) is 0 Å². The van der Waals surface area contributed by atoms with E-state index in [4.69, 9.17) is 20.2 Å². The first kappa shape index (κ1) is 17.5. The third-order valence-electron chi connectivity index (χ3n) is 4.69. The van der Waals surface area contributed by atoms with E-state index in [2.05, 4.69) is 6.07 Å². The van der Waals surface area contributed by atoms with Crippen LogP contribution in [-0.2, 0) is 16.1 Å². The number of nitrogens with zero attached hydrogens (tertiary/aromatic N) is 2. The zero-order chi connectivity index (χ0) is 17.5. The van der Waals surface area contributed by atoms with Crippen LogP contribution in [0.2, 0.25) is 0 Å². The summed E-state index contributed by atoms with van der Waals surface area (Å²) < 4.78 is 11.4. The summed E-state index contributed by atoms with van der Waals surface area (Å²) in [6.45, 7) is 0.961. The Labute approximate surface area is 149 Å². The molecule has 1 fully saturated rings. The first-order valence-corrected chi connectivity index (χ1v) is 9.01. The number of hydrogen-bond donors (Lipinski definition) is 1. The number of benzene rings is 1. The molecule has 0 amide bonds. The van der Waals surface area contributed by atoms with Crippen LogP contribution in [-0.4, -0.2) is 24.5 Å². The van der Waals surface area contributed by atoms with E-state index in [0.29, 0.717) is 31.2 Å². The maximum absolute atomic E-state index is 9.39. The van der Waals surface area contributed by atoms with Crippen LogP contribution in [0.15, 0.2) is 46.8 Å². The van der Waals surface area contributed by atoms with E-state index in [1.165, 1.54) is 19.3 Å². The van der Waals surface area contributed by atoms with Crippen LogP contribution in [0.5, 0.6) is 0 Å². The topological polar surface area (TPSA) is 80.6 Å². The van der Waals surface area contributed by atoms with Crippen LogP contribution in [0.25, 0.3) is 0 Å². The molecule has 1 aliphatic carbocycles. The van der Waals surface area contributed by atoms with Gasteiger partial charge in [0.05, 0.1) is 25.0 Å². The second kappa shape index (κ2) is 8.68. The maximum Gasteiger partial charge on any atom is 0.204 e. The summed E-state index contributed by atoms with van der Waals surface area (Å²) in [4.78, 5) is 4.83. The minimum atomic E-state index is -0.192. The zero-order valence-electron chi connectivity index (χ0n) is 14.5. The molecule has 5 heteroatoms. The molecule has 1 heterocycles. The maximum atomic E-state index is 9.39. The molecule has 132 valence electrons. The molecule has 5 nitrogen and oxygen atoms in total. The van der Waals surface area contributed by atoms with Gasteiger partial charge in [-0.15, -0.1) is 0 Å². The van der Waals surface area contributed by atoms with Crippen LogP contribution in [0, 0.1) is 11.3 Å². The van der Waals surface area contributed by atoms with Crippen LogP contribution in [0.1, 0.15) is 44.1 Å². The minimum absolute atomic E-state index is 0.177. The summed E-state index contributed by atoms with van der Waals surface area (Å²) in [7, 11) is 0. The van der Waals surface area contributed by atoms with Gasteiger partial charge >= 0.3 is 0 Å². The van der Waals surface area contributed by atoms with E-state index in [-0.39, 0.29) is 12.0 Å². The highest BCUT2D eigenvalue weighted by atomic mass is 16.5. The fourth-order valence-electron chi connectivity index (χ4n) is 3.38. The summed E-state index contributed by atoms with van der Waals surface area (Å²) in [6.07, 6.45) is 6.28. The molecular weight excluding hydrogens is 314 g/mol. The number of aliphatic imine (C=N–C) groups is 1. The average molecular weight is 339 g/mol. The predicted octanol–water partition coefficient (Wildman–Crippen LogP) is 3.46. The lowest BCUT2D eigenvalue weighted by atomic mass is 9.95. The van der Waals surface area contributed by atoms with Crippen molar-refractivity contribution in [2.45, 2.75) is 57.3 Å². The van der Waals surface area contributed by atoms with Gasteiger partial charge in [0.1, 0.15) is 17.7 Å². The fourth-order valence-corrected chi connectivity index (χ4v) is 3.38. The van der Waals surface area contributed by atoms with Gasteiger partial charge in [-0.25, -0.2) is 0 Å². The van der Waals surface area contributed by atoms with Crippen molar-refractivity contribution in [3.8, 4) is 6.07 Å². The molecule has 2 aliphatic rings. The SMILES string of the molecule is N#CC1=C(N)OC(COCc2ccccc2)CC1=NC1CCCCC1. The summed E-state index contributed by atoms with van der Waals surface area (Å²) in [6, 6.07) is 12.5. The van der Waals surface area contributed by atoms with E-state index < -0.39 is 0 Å². The molecule has 25 heavy (non-hydrogen) atoms. The van der Waals surface area contributed by atoms with Crippen molar-refractivity contribution in [2.75, 3.05) is 6.61 Å². The third-order valence-corrected chi connectivity index (χ3v) is 4.69. The molecule has 1 aliphatic heterocycles. The molecule has 0 spiro atoms. The Balaban J connectivity index is 1.62. The normalized spacial score (nSPS) is 23.3. The molecule has 1 saturated carbocycles. The number of nitrogens with two attached hydrogens (primary N) is 1. The van der Waals surface area contributed by atoms with E-state index in [1.54, 1.807) is 0 Å². The van der Waals surface area contributed by atoms with E-state index >= 15 is 0 Å². The molecule has 2 N–H and O–H groups in total. The lowest BCUT2D eigenvalue weighted by molar-refractivity contribution is 0.00828. The second-order valence-electron chi connectivity index (χ2n) is 6.66. The molecule has 0 radical (unpaired) electrons. The fraction of sp³-hybridized carbons (Fsp3) is 0.500. The lowest BCUT2D eigenvalue weighted by Gasteiger charge is -2.27. The average Bonchev–Trinajstić information content (AvgIpc) is 2.63. The first-order chi connectivity index (χ1) is 12.3. The van der Waals surface area contributed by atoms with Gasteiger partial charge in [-0.1, -0.05) is 49.6 Å². The Morgan fingerprint density at radius 3 is 2.68 bits per heavy atom. The van der Waals surface area contributed by atoms with E-state index in [1.807, 2.05) is 30.3 Å². The summed E-state index contributed by atoms with van der Waals surface area (Å²) in [5, 5.41) is 9.39. The van der Waals surface area contributed by atoms with Crippen molar-refractivity contribution in [3.05, 3.63) is 47.4 Å². The number of rotatable bonds is 5. The molecule has 0 aromatic heterocycles. The summed E-state index contributed by atoms with van der Waals surface area (Å²) >= 11 is 0. The van der Waals surface area contributed by atoms with Crippen molar-refractivity contribution in [3.63, 3.8) is 0 Å². The Bertz CT molecular complexity index is 670. The Kier molecular flexibility index (Phi) is 6.08. The molecular formula is C20H25N3O2. The summed E-state index contributed by atoms with van der Waals surface area (Å²) in [5.74, 6) is 0.177. The van der Waals surface area contributed by atoms with Crippen LogP contribution in [0.4, 0.5) is 0 Å².